The zero-order valence-electron chi connectivity index (χ0n) is 8.22. The summed E-state index contributed by atoms with van der Waals surface area (Å²) in [5.41, 5.74) is -0.567. The molecule has 0 atom stereocenters. The van der Waals surface area contributed by atoms with Crippen LogP contribution in [0.2, 0.25) is 0 Å². The molecule has 0 radical (unpaired) electrons. The Hall–Kier alpha value is -0.150. The van der Waals surface area contributed by atoms with Crippen molar-refractivity contribution in [2.45, 2.75) is 31.9 Å². The van der Waals surface area contributed by atoms with Crippen LogP contribution in [0.25, 0.3) is 0 Å². The van der Waals surface area contributed by atoms with E-state index in [9.17, 15) is 4.39 Å². The third-order valence-corrected chi connectivity index (χ3v) is 3.24. The first-order chi connectivity index (χ1) is 6.05. The van der Waals surface area contributed by atoms with E-state index in [-0.39, 0.29) is 6.61 Å². The molecule has 1 spiro atoms. The van der Waals surface area contributed by atoms with Crippen molar-refractivity contribution in [3.05, 3.63) is 0 Å². The molecule has 3 heteroatoms. The number of likely N-dealkylation sites (tertiary alicyclic amines) is 1. The van der Waals surface area contributed by atoms with Gasteiger partial charge in [0.15, 0.2) is 0 Å². The minimum absolute atomic E-state index is 0.268. The van der Waals surface area contributed by atoms with Crippen LogP contribution in [-0.2, 0) is 0 Å². The van der Waals surface area contributed by atoms with E-state index in [0.717, 1.165) is 38.9 Å². The van der Waals surface area contributed by atoms with Gasteiger partial charge in [0.05, 0.1) is 0 Å². The Morgan fingerprint density at radius 2 is 2.00 bits per heavy atom. The van der Waals surface area contributed by atoms with Crippen molar-refractivity contribution >= 4 is 0 Å². The lowest BCUT2D eigenvalue weighted by Crippen LogP contribution is -2.66. The number of alkyl halides is 1. The van der Waals surface area contributed by atoms with Gasteiger partial charge in [0.2, 0.25) is 0 Å². The van der Waals surface area contributed by atoms with E-state index in [1.165, 1.54) is 0 Å². The van der Waals surface area contributed by atoms with E-state index in [1.807, 2.05) is 0 Å². The summed E-state index contributed by atoms with van der Waals surface area (Å²) in [7, 11) is 0. The number of halogens is 1. The normalized spacial score (nSPS) is 29.8. The van der Waals surface area contributed by atoms with Crippen molar-refractivity contribution in [2.75, 3.05) is 26.2 Å². The molecule has 2 aliphatic rings. The molecule has 1 aliphatic heterocycles. The largest absolute Gasteiger partial charge is 0.396 e. The quantitative estimate of drug-likeness (QED) is 0.717. The summed E-state index contributed by atoms with van der Waals surface area (Å²) in [4.78, 5) is 2.31. The van der Waals surface area contributed by atoms with Gasteiger partial charge in [0, 0.05) is 31.7 Å². The summed E-state index contributed by atoms with van der Waals surface area (Å²) < 4.78 is 13.2. The van der Waals surface area contributed by atoms with Gasteiger partial charge in [-0.15, -0.1) is 0 Å². The molecule has 1 aliphatic carbocycles. The highest BCUT2D eigenvalue weighted by atomic mass is 19.1. The fourth-order valence-electron chi connectivity index (χ4n) is 3.09. The fraction of sp³-hybridized carbons (Fsp3) is 1.00. The number of hydrogen-bond donors (Lipinski definition) is 1. The number of aliphatic hydroxyl groups excluding tert-OH is 1. The van der Waals surface area contributed by atoms with Gasteiger partial charge in [0.1, 0.15) is 5.67 Å². The molecule has 2 fully saturated rings. The average Bonchev–Trinajstić information content (AvgIpc) is 1.91. The lowest BCUT2D eigenvalue weighted by molar-refractivity contribution is -0.146. The average molecular weight is 187 g/mol. The maximum atomic E-state index is 13.2. The van der Waals surface area contributed by atoms with Crippen LogP contribution in [0.4, 0.5) is 4.39 Å². The predicted octanol–water partition coefficient (Wildman–Crippen LogP) is 1.19. The molecular formula is C10H18FNO. The molecule has 1 N–H and O–H groups in total. The highest BCUT2D eigenvalue weighted by Gasteiger charge is 2.57. The highest BCUT2D eigenvalue weighted by Crippen LogP contribution is 2.55. The van der Waals surface area contributed by atoms with Gasteiger partial charge in [-0.3, -0.25) is 0 Å². The van der Waals surface area contributed by atoms with Gasteiger partial charge < -0.3 is 10.0 Å². The first kappa shape index (κ1) is 9.41. The molecule has 13 heavy (non-hydrogen) atoms. The van der Waals surface area contributed by atoms with E-state index in [0.29, 0.717) is 5.41 Å². The summed E-state index contributed by atoms with van der Waals surface area (Å²) in [5, 5.41) is 8.63. The number of rotatable bonds is 3. The molecule has 1 heterocycles. The number of nitrogens with zero attached hydrogens (tertiary/aromatic N) is 1. The minimum atomic E-state index is -0.886. The minimum Gasteiger partial charge on any atom is -0.396 e. The van der Waals surface area contributed by atoms with Gasteiger partial charge in [-0.1, -0.05) is 0 Å². The van der Waals surface area contributed by atoms with Crippen LogP contribution in [-0.4, -0.2) is 41.9 Å². The second-order valence-electron chi connectivity index (χ2n) is 5.05. The van der Waals surface area contributed by atoms with Crippen molar-refractivity contribution < 1.29 is 9.50 Å². The van der Waals surface area contributed by atoms with Crippen LogP contribution in [0.3, 0.4) is 0 Å². The Morgan fingerprint density at radius 3 is 2.46 bits per heavy atom. The maximum absolute atomic E-state index is 13.2. The van der Waals surface area contributed by atoms with Gasteiger partial charge in [-0.2, -0.15) is 0 Å². The molecule has 2 nitrogen and oxygen atoms in total. The molecule has 2 rings (SSSR count). The Labute approximate surface area is 78.7 Å². The van der Waals surface area contributed by atoms with E-state index in [4.69, 9.17) is 5.11 Å². The molecule has 1 saturated heterocycles. The molecule has 0 unspecified atom stereocenters. The van der Waals surface area contributed by atoms with Crippen molar-refractivity contribution in [1.82, 2.24) is 4.90 Å². The molecule has 0 bridgehead atoms. The van der Waals surface area contributed by atoms with Crippen LogP contribution in [0.5, 0.6) is 0 Å². The first-order valence-electron chi connectivity index (χ1n) is 5.08. The van der Waals surface area contributed by atoms with Crippen LogP contribution in [0, 0.1) is 5.41 Å². The SMILES string of the molecule is CC1(F)CC2(CN(CCCO)C2)C1. The third kappa shape index (κ3) is 1.72. The Bertz CT molecular complexity index is 189. The molecule has 0 amide bonds. The summed E-state index contributed by atoms with van der Waals surface area (Å²) in [6, 6.07) is 0. The van der Waals surface area contributed by atoms with Crippen molar-refractivity contribution in [1.29, 1.82) is 0 Å². The first-order valence-corrected chi connectivity index (χ1v) is 5.08. The second kappa shape index (κ2) is 2.92. The Morgan fingerprint density at radius 1 is 1.38 bits per heavy atom. The van der Waals surface area contributed by atoms with Crippen molar-refractivity contribution in [3.63, 3.8) is 0 Å². The van der Waals surface area contributed by atoms with E-state index in [1.54, 1.807) is 6.92 Å². The lowest BCUT2D eigenvalue weighted by atomic mass is 9.57. The summed E-state index contributed by atoms with van der Waals surface area (Å²) in [6.45, 7) is 5.04. The van der Waals surface area contributed by atoms with Gasteiger partial charge in [0.25, 0.3) is 0 Å². The van der Waals surface area contributed by atoms with Gasteiger partial charge in [-0.05, 0) is 26.2 Å². The maximum Gasteiger partial charge on any atom is 0.109 e. The van der Waals surface area contributed by atoms with E-state index >= 15 is 0 Å². The van der Waals surface area contributed by atoms with Gasteiger partial charge in [-0.25, -0.2) is 4.39 Å². The Balaban J connectivity index is 1.68. The van der Waals surface area contributed by atoms with Crippen LogP contribution >= 0.6 is 0 Å². The summed E-state index contributed by atoms with van der Waals surface area (Å²) in [6.07, 6.45) is 2.34. The zero-order valence-corrected chi connectivity index (χ0v) is 8.22. The number of hydrogen-bond acceptors (Lipinski definition) is 2. The predicted molar refractivity (Wildman–Crippen MR) is 49.3 cm³/mol. The lowest BCUT2D eigenvalue weighted by Gasteiger charge is -2.60. The van der Waals surface area contributed by atoms with Crippen molar-refractivity contribution in [3.8, 4) is 0 Å². The summed E-state index contributed by atoms with van der Waals surface area (Å²) in [5.74, 6) is 0. The summed E-state index contributed by atoms with van der Waals surface area (Å²) >= 11 is 0. The number of aliphatic hydroxyl groups is 1. The topological polar surface area (TPSA) is 23.5 Å². The smallest absolute Gasteiger partial charge is 0.109 e. The van der Waals surface area contributed by atoms with E-state index in [2.05, 4.69) is 4.90 Å². The molecule has 0 aromatic heterocycles. The van der Waals surface area contributed by atoms with Crippen LogP contribution in [0.15, 0.2) is 0 Å². The van der Waals surface area contributed by atoms with Crippen molar-refractivity contribution in [2.24, 2.45) is 5.41 Å². The fourth-order valence-corrected chi connectivity index (χ4v) is 3.09. The molecule has 0 aromatic rings. The molecule has 1 saturated carbocycles. The van der Waals surface area contributed by atoms with E-state index < -0.39 is 5.67 Å². The third-order valence-electron chi connectivity index (χ3n) is 3.24. The monoisotopic (exact) mass is 187 g/mol. The molecule has 76 valence electrons. The Kier molecular flexibility index (Phi) is 2.11. The standard InChI is InChI=1S/C10H18FNO/c1-9(11)5-10(6-9)7-12(8-10)3-2-4-13/h13H,2-8H2,1H3. The highest BCUT2D eigenvalue weighted by molar-refractivity contribution is 5.09. The molecule has 0 aromatic carbocycles. The second-order valence-corrected chi connectivity index (χ2v) is 5.05. The molecular weight excluding hydrogens is 169 g/mol. The van der Waals surface area contributed by atoms with Gasteiger partial charge >= 0.3 is 0 Å². The van der Waals surface area contributed by atoms with Crippen LogP contribution < -0.4 is 0 Å². The zero-order chi connectivity index (χ0) is 9.53. The van der Waals surface area contributed by atoms with Crippen LogP contribution in [0.1, 0.15) is 26.2 Å².